The summed E-state index contributed by atoms with van der Waals surface area (Å²) < 4.78 is 0. The molecule has 0 aromatic heterocycles. The van der Waals surface area contributed by atoms with Gasteiger partial charge >= 0.3 is 5.97 Å². The predicted octanol–water partition coefficient (Wildman–Crippen LogP) is 3.64. The van der Waals surface area contributed by atoms with E-state index in [1.54, 1.807) is 12.1 Å². The Morgan fingerprint density at radius 1 is 0.941 bits per heavy atom. The first-order valence-corrected chi connectivity index (χ1v) is 5.40. The fourth-order valence-electron chi connectivity index (χ4n) is 2.15. The van der Waals surface area contributed by atoms with E-state index in [0.29, 0.717) is 5.56 Å². The summed E-state index contributed by atoms with van der Waals surface area (Å²) in [6, 6.07) is 17.3. The summed E-state index contributed by atoms with van der Waals surface area (Å²) in [6.45, 7) is 0. The van der Waals surface area contributed by atoms with E-state index in [-0.39, 0.29) is 0 Å². The molecule has 1 aromatic carbocycles. The van der Waals surface area contributed by atoms with Crippen molar-refractivity contribution in [1.29, 1.82) is 0 Å². The van der Waals surface area contributed by atoms with Crippen molar-refractivity contribution in [3.05, 3.63) is 60.2 Å². The van der Waals surface area contributed by atoms with Crippen LogP contribution in [0.25, 0.3) is 21.9 Å². The molecule has 0 aliphatic heterocycles. The van der Waals surface area contributed by atoms with Crippen LogP contribution in [0.5, 0.6) is 0 Å². The van der Waals surface area contributed by atoms with E-state index >= 15 is 0 Å². The zero-order valence-corrected chi connectivity index (χ0v) is 9.05. The number of hydrogen-bond acceptors (Lipinski definition) is 1. The van der Waals surface area contributed by atoms with Crippen molar-refractivity contribution in [2.24, 2.45) is 0 Å². The fourth-order valence-corrected chi connectivity index (χ4v) is 2.15. The summed E-state index contributed by atoms with van der Waals surface area (Å²) in [7, 11) is 0. The number of hydrogen-bond donors (Lipinski definition) is 1. The van der Waals surface area contributed by atoms with Crippen molar-refractivity contribution in [3.63, 3.8) is 0 Å². The van der Waals surface area contributed by atoms with E-state index in [1.807, 2.05) is 36.4 Å². The highest BCUT2D eigenvalue weighted by Gasteiger charge is 2.10. The van der Waals surface area contributed by atoms with Crippen LogP contribution in [-0.2, 0) is 0 Å². The van der Waals surface area contributed by atoms with E-state index in [9.17, 15) is 4.79 Å². The van der Waals surface area contributed by atoms with Gasteiger partial charge in [-0.25, -0.2) is 4.79 Å². The highest BCUT2D eigenvalue weighted by Crippen LogP contribution is 2.33. The van der Waals surface area contributed by atoms with Crippen molar-refractivity contribution < 1.29 is 9.90 Å². The molecule has 0 fully saturated rings. The lowest BCUT2D eigenvalue weighted by Gasteiger charge is -1.96. The molecule has 0 radical (unpaired) electrons. The van der Waals surface area contributed by atoms with Crippen molar-refractivity contribution in [2.45, 2.75) is 0 Å². The predicted molar refractivity (Wildman–Crippen MR) is 67.5 cm³/mol. The Kier molecular flexibility index (Phi) is 2.08. The topological polar surface area (TPSA) is 37.3 Å². The zero-order chi connectivity index (χ0) is 11.8. The summed E-state index contributed by atoms with van der Waals surface area (Å²) in [5.41, 5.74) is 2.55. The van der Waals surface area contributed by atoms with Gasteiger partial charge in [-0.3, -0.25) is 0 Å². The fraction of sp³-hybridized carbons (Fsp3) is 0. The SMILES string of the molecule is O=C(O)c1ccc2cc3cccccc-3c2c1. The van der Waals surface area contributed by atoms with Gasteiger partial charge in [0.1, 0.15) is 0 Å². The second kappa shape index (κ2) is 3.59. The molecule has 2 aliphatic carbocycles. The van der Waals surface area contributed by atoms with Crippen LogP contribution in [0.4, 0.5) is 0 Å². The van der Waals surface area contributed by atoms with Crippen LogP contribution >= 0.6 is 0 Å². The van der Waals surface area contributed by atoms with Gasteiger partial charge in [-0.05, 0) is 40.1 Å². The van der Waals surface area contributed by atoms with Gasteiger partial charge in [-0.1, -0.05) is 36.4 Å². The maximum atomic E-state index is 11.0. The van der Waals surface area contributed by atoms with Gasteiger partial charge in [0.15, 0.2) is 0 Å². The first-order chi connectivity index (χ1) is 8.25. The summed E-state index contributed by atoms with van der Waals surface area (Å²) >= 11 is 0. The van der Waals surface area contributed by atoms with Crippen LogP contribution in [0.1, 0.15) is 10.4 Å². The number of carboxylic acids is 1. The third-order valence-electron chi connectivity index (χ3n) is 2.97. The van der Waals surface area contributed by atoms with Gasteiger partial charge in [0, 0.05) is 0 Å². The first kappa shape index (κ1) is 9.85. The maximum Gasteiger partial charge on any atom is 0.335 e. The number of aromatic carboxylic acids is 1. The standard InChI is InChI=1S/C15H10O2/c16-15(17)12-7-6-11-8-10-4-2-1-3-5-13(10)14(11)9-12/h1-9H,(H,16,17). The van der Waals surface area contributed by atoms with Gasteiger partial charge in [0.05, 0.1) is 5.56 Å². The second-order valence-corrected chi connectivity index (χ2v) is 4.03. The van der Waals surface area contributed by atoms with E-state index in [2.05, 4.69) is 6.07 Å². The molecular weight excluding hydrogens is 212 g/mol. The van der Waals surface area contributed by atoms with Crippen LogP contribution in [0, 0.1) is 0 Å². The maximum absolute atomic E-state index is 11.0. The quantitative estimate of drug-likeness (QED) is 0.682. The van der Waals surface area contributed by atoms with Crippen molar-refractivity contribution >= 4 is 16.7 Å². The molecular formula is C15H10O2. The molecule has 0 saturated heterocycles. The number of fused-ring (bicyclic) bond motifs is 3. The van der Waals surface area contributed by atoms with Crippen LogP contribution in [0.2, 0.25) is 0 Å². The highest BCUT2D eigenvalue weighted by atomic mass is 16.4. The molecule has 0 spiro atoms. The average molecular weight is 222 g/mol. The van der Waals surface area contributed by atoms with E-state index < -0.39 is 5.97 Å². The molecule has 0 bridgehead atoms. The molecule has 0 amide bonds. The number of rotatable bonds is 1. The number of benzene rings is 1. The molecule has 17 heavy (non-hydrogen) atoms. The molecule has 0 atom stereocenters. The number of carboxylic acid groups (broad SMARTS) is 1. The van der Waals surface area contributed by atoms with Gasteiger partial charge in [-0.2, -0.15) is 0 Å². The molecule has 2 aliphatic rings. The molecule has 1 aromatic rings. The summed E-state index contributed by atoms with van der Waals surface area (Å²) in [5, 5.41) is 11.1. The van der Waals surface area contributed by atoms with E-state index in [4.69, 9.17) is 5.11 Å². The van der Waals surface area contributed by atoms with Crippen molar-refractivity contribution in [2.75, 3.05) is 0 Å². The molecule has 2 heteroatoms. The molecule has 1 N–H and O–H groups in total. The lowest BCUT2D eigenvalue weighted by molar-refractivity contribution is 0.0697. The summed E-state index contributed by atoms with van der Waals surface area (Å²) in [4.78, 5) is 11.0. The third-order valence-corrected chi connectivity index (χ3v) is 2.97. The Labute approximate surface area is 98.5 Å². The Hall–Kier alpha value is -2.35. The minimum atomic E-state index is -0.887. The average Bonchev–Trinajstić information content (AvgIpc) is 2.51. The second-order valence-electron chi connectivity index (χ2n) is 4.03. The lowest BCUT2D eigenvalue weighted by atomic mass is 10.1. The van der Waals surface area contributed by atoms with Crippen molar-refractivity contribution in [1.82, 2.24) is 0 Å². The van der Waals surface area contributed by atoms with Gasteiger partial charge in [-0.15, -0.1) is 0 Å². The Morgan fingerprint density at radius 2 is 1.76 bits per heavy atom. The molecule has 0 heterocycles. The first-order valence-electron chi connectivity index (χ1n) is 5.40. The largest absolute Gasteiger partial charge is 0.478 e. The van der Waals surface area contributed by atoms with Crippen LogP contribution in [0.15, 0.2) is 54.6 Å². The zero-order valence-electron chi connectivity index (χ0n) is 9.05. The minimum Gasteiger partial charge on any atom is -0.478 e. The van der Waals surface area contributed by atoms with E-state index in [0.717, 1.165) is 21.9 Å². The molecule has 82 valence electrons. The molecule has 0 unspecified atom stereocenters. The summed E-state index contributed by atoms with van der Waals surface area (Å²) in [6.07, 6.45) is 0. The molecule has 2 nitrogen and oxygen atoms in total. The Bertz CT molecular complexity index is 686. The van der Waals surface area contributed by atoms with Crippen LogP contribution in [0.3, 0.4) is 0 Å². The van der Waals surface area contributed by atoms with Gasteiger partial charge < -0.3 is 5.11 Å². The minimum absolute atomic E-state index is 0.330. The lowest BCUT2D eigenvalue weighted by Crippen LogP contribution is -1.94. The monoisotopic (exact) mass is 222 g/mol. The van der Waals surface area contributed by atoms with Gasteiger partial charge in [0.25, 0.3) is 0 Å². The smallest absolute Gasteiger partial charge is 0.335 e. The summed E-state index contributed by atoms with van der Waals surface area (Å²) in [5.74, 6) is -0.887. The normalized spacial score (nSPS) is 10.8. The molecule has 3 rings (SSSR count). The molecule has 0 saturated carbocycles. The van der Waals surface area contributed by atoms with Crippen LogP contribution in [-0.4, -0.2) is 11.1 Å². The van der Waals surface area contributed by atoms with Crippen molar-refractivity contribution in [3.8, 4) is 11.1 Å². The third kappa shape index (κ3) is 1.54. The Balaban J connectivity index is 2.38. The Morgan fingerprint density at radius 3 is 2.59 bits per heavy atom. The highest BCUT2D eigenvalue weighted by molar-refractivity contribution is 6.05. The van der Waals surface area contributed by atoms with Gasteiger partial charge in [0.2, 0.25) is 0 Å². The number of carbonyl (C=O) groups is 1. The van der Waals surface area contributed by atoms with Crippen LogP contribution < -0.4 is 0 Å². The van der Waals surface area contributed by atoms with E-state index in [1.165, 1.54) is 0 Å².